The number of rotatable bonds is 1. The van der Waals surface area contributed by atoms with Gasteiger partial charge in [0, 0.05) is 16.9 Å². The number of aryl methyl sites for hydroxylation is 2. The zero-order chi connectivity index (χ0) is 12.7. The van der Waals surface area contributed by atoms with E-state index >= 15 is 0 Å². The summed E-state index contributed by atoms with van der Waals surface area (Å²) in [6.45, 7) is 2.05. The van der Waals surface area contributed by atoms with E-state index in [4.69, 9.17) is 0 Å². The highest BCUT2D eigenvalue weighted by atomic mass is 33.1. The molecule has 0 N–H and O–H groups in total. The molecule has 3 rings (SSSR count). The lowest BCUT2D eigenvalue weighted by Gasteiger charge is -2.11. The Kier molecular flexibility index (Phi) is 2.87. The van der Waals surface area contributed by atoms with Crippen LogP contribution in [0.25, 0.3) is 0 Å². The Morgan fingerprint density at radius 2 is 2.06 bits per heavy atom. The molecule has 0 fully saturated rings. The Morgan fingerprint density at radius 1 is 1.22 bits per heavy atom. The number of anilines is 2. The smallest absolute Gasteiger partial charge is 0.236 e. The predicted molar refractivity (Wildman–Crippen MR) is 74.9 cm³/mol. The third-order valence-electron chi connectivity index (χ3n) is 2.95. The number of nitrogens with zero attached hydrogens (tertiary/aromatic N) is 2. The van der Waals surface area contributed by atoms with E-state index in [9.17, 15) is 4.21 Å². The summed E-state index contributed by atoms with van der Waals surface area (Å²) in [5, 5.41) is 0. The fourth-order valence-corrected chi connectivity index (χ4v) is 5.09. The molecule has 1 aromatic heterocycles. The Bertz CT molecular complexity index is 643. The van der Waals surface area contributed by atoms with E-state index in [1.54, 1.807) is 0 Å². The number of hydrogen-bond donors (Lipinski definition) is 0. The molecule has 0 saturated carbocycles. The van der Waals surface area contributed by atoms with Gasteiger partial charge in [0.2, 0.25) is 0 Å². The topological polar surface area (TPSA) is 24.2 Å². The molecule has 0 radical (unpaired) electrons. The Labute approximate surface area is 112 Å². The minimum absolute atomic E-state index is 0.941. The van der Waals surface area contributed by atoms with Crippen molar-refractivity contribution < 1.29 is 8.78 Å². The Hall–Kier alpha value is -1.33. The number of para-hydroxylation sites is 1. The third-order valence-corrected chi connectivity index (χ3v) is 5.68. The standard InChI is InChI=1S/C13H13N2OS2/c1-10-6-5-7-11-13(10)15(18(16)17-11)12-8-3-4-9-14(12)2/h3-9H,1-2H3/q+1. The van der Waals surface area contributed by atoms with Gasteiger partial charge in [0.1, 0.15) is 0 Å². The molecular weight excluding hydrogens is 264 g/mol. The molecule has 18 heavy (non-hydrogen) atoms. The number of pyridine rings is 1. The van der Waals surface area contributed by atoms with E-state index in [0.717, 1.165) is 22.0 Å². The predicted octanol–water partition coefficient (Wildman–Crippen LogP) is 2.64. The highest BCUT2D eigenvalue weighted by Crippen LogP contribution is 2.47. The van der Waals surface area contributed by atoms with Crippen molar-refractivity contribution >= 4 is 32.3 Å². The maximum atomic E-state index is 12.3. The van der Waals surface area contributed by atoms with E-state index in [0.29, 0.717) is 0 Å². The normalized spacial score (nSPS) is 17.9. The third kappa shape index (κ3) is 1.74. The van der Waals surface area contributed by atoms with Gasteiger partial charge in [-0.1, -0.05) is 18.2 Å². The molecule has 1 atom stereocenters. The van der Waals surface area contributed by atoms with Gasteiger partial charge in [-0.3, -0.25) is 0 Å². The summed E-state index contributed by atoms with van der Waals surface area (Å²) in [5.74, 6) is 0.941. The molecule has 1 aromatic carbocycles. The summed E-state index contributed by atoms with van der Waals surface area (Å²) in [5.41, 5.74) is 2.21. The molecular formula is C13H13N2OS2+. The summed E-state index contributed by atoms with van der Waals surface area (Å²) in [6, 6.07) is 12.0. The van der Waals surface area contributed by atoms with Gasteiger partial charge in [-0.15, -0.1) is 4.31 Å². The molecule has 2 heterocycles. The summed E-state index contributed by atoms with van der Waals surface area (Å²) in [4.78, 5) is 1.08. The first-order valence-electron chi connectivity index (χ1n) is 5.63. The molecule has 1 unspecified atom stereocenters. The molecule has 0 saturated heterocycles. The highest BCUT2D eigenvalue weighted by Gasteiger charge is 2.38. The summed E-state index contributed by atoms with van der Waals surface area (Å²) in [6.07, 6.45) is 1.97. The lowest BCUT2D eigenvalue weighted by atomic mass is 10.2. The van der Waals surface area contributed by atoms with Crippen LogP contribution >= 0.6 is 10.8 Å². The SMILES string of the molecule is Cc1cccc2c1N(c1cccc[n+]1C)S(=O)S2. The molecule has 5 heteroatoms. The van der Waals surface area contributed by atoms with Crippen molar-refractivity contribution in [1.82, 2.24) is 0 Å². The lowest BCUT2D eigenvalue weighted by molar-refractivity contribution is -0.657. The van der Waals surface area contributed by atoms with Gasteiger partial charge in [-0.25, -0.2) is 4.57 Å². The number of aromatic nitrogens is 1. The van der Waals surface area contributed by atoms with Gasteiger partial charge < -0.3 is 0 Å². The second-order valence-electron chi connectivity index (χ2n) is 4.19. The monoisotopic (exact) mass is 277 g/mol. The van der Waals surface area contributed by atoms with Crippen molar-refractivity contribution in [3.05, 3.63) is 48.2 Å². The zero-order valence-electron chi connectivity index (χ0n) is 10.2. The molecule has 1 aliphatic rings. The quantitative estimate of drug-likeness (QED) is 0.591. The molecule has 1 aliphatic heterocycles. The van der Waals surface area contributed by atoms with Crippen LogP contribution in [0.3, 0.4) is 0 Å². The van der Waals surface area contributed by atoms with Gasteiger partial charge in [0.15, 0.2) is 5.69 Å². The maximum Gasteiger partial charge on any atom is 0.295 e. The average molecular weight is 277 g/mol. The van der Waals surface area contributed by atoms with Crippen molar-refractivity contribution in [2.45, 2.75) is 11.8 Å². The number of hydrogen-bond acceptors (Lipinski definition) is 2. The fourth-order valence-electron chi connectivity index (χ4n) is 2.06. The van der Waals surface area contributed by atoms with Crippen molar-refractivity contribution in [2.24, 2.45) is 7.05 Å². The van der Waals surface area contributed by atoms with Crippen LogP contribution in [0.15, 0.2) is 47.5 Å². The van der Waals surface area contributed by atoms with Gasteiger partial charge in [-0.05, 0) is 24.6 Å². The van der Waals surface area contributed by atoms with Crippen molar-refractivity contribution in [3.8, 4) is 0 Å². The Balaban J connectivity index is 2.21. The van der Waals surface area contributed by atoms with Crippen LogP contribution in [0, 0.1) is 6.92 Å². The lowest BCUT2D eigenvalue weighted by Crippen LogP contribution is -2.35. The fraction of sp³-hybridized carbons (Fsp3) is 0.154. The minimum Gasteiger partial charge on any atom is -0.236 e. The van der Waals surface area contributed by atoms with Crippen LogP contribution in [-0.4, -0.2) is 4.21 Å². The summed E-state index contributed by atoms with van der Waals surface area (Å²) >= 11 is 0. The van der Waals surface area contributed by atoms with E-state index in [1.807, 2.05) is 52.4 Å². The summed E-state index contributed by atoms with van der Waals surface area (Å²) < 4.78 is 16.2. The van der Waals surface area contributed by atoms with Gasteiger partial charge in [-0.2, -0.15) is 4.21 Å². The summed E-state index contributed by atoms with van der Waals surface area (Å²) in [7, 11) is 2.27. The first-order valence-corrected chi connectivity index (χ1v) is 8.07. The van der Waals surface area contributed by atoms with Gasteiger partial charge in [0.25, 0.3) is 15.8 Å². The van der Waals surface area contributed by atoms with Crippen LogP contribution in [0.2, 0.25) is 0 Å². The van der Waals surface area contributed by atoms with E-state index in [2.05, 4.69) is 13.0 Å². The number of benzene rings is 1. The molecule has 0 spiro atoms. The minimum atomic E-state index is -1.10. The molecule has 92 valence electrons. The molecule has 0 aliphatic carbocycles. The first-order chi connectivity index (χ1) is 8.68. The molecule has 0 bridgehead atoms. The van der Waals surface area contributed by atoms with E-state index in [-0.39, 0.29) is 0 Å². The van der Waals surface area contributed by atoms with Crippen LogP contribution in [-0.2, 0) is 17.1 Å². The van der Waals surface area contributed by atoms with Crippen molar-refractivity contribution in [3.63, 3.8) is 0 Å². The van der Waals surface area contributed by atoms with E-state index < -0.39 is 10.0 Å². The van der Waals surface area contributed by atoms with Gasteiger partial charge >= 0.3 is 0 Å². The van der Waals surface area contributed by atoms with Crippen LogP contribution in [0.4, 0.5) is 11.5 Å². The van der Waals surface area contributed by atoms with Crippen LogP contribution in [0.5, 0.6) is 0 Å². The maximum absolute atomic E-state index is 12.3. The number of fused-ring (bicyclic) bond motifs is 1. The van der Waals surface area contributed by atoms with Crippen molar-refractivity contribution in [1.29, 1.82) is 0 Å². The molecule has 3 nitrogen and oxygen atoms in total. The van der Waals surface area contributed by atoms with Crippen LogP contribution < -0.4 is 8.87 Å². The molecule has 0 amide bonds. The van der Waals surface area contributed by atoms with Crippen molar-refractivity contribution in [2.75, 3.05) is 4.31 Å². The molecule has 2 aromatic rings. The van der Waals surface area contributed by atoms with Crippen LogP contribution in [0.1, 0.15) is 5.56 Å². The zero-order valence-corrected chi connectivity index (χ0v) is 11.8. The second kappa shape index (κ2) is 4.40. The van der Waals surface area contributed by atoms with Gasteiger partial charge in [0.05, 0.1) is 18.1 Å². The Morgan fingerprint density at radius 3 is 2.83 bits per heavy atom. The first kappa shape index (κ1) is 11.7. The second-order valence-corrected chi connectivity index (χ2v) is 6.95. The average Bonchev–Trinajstić information content (AvgIpc) is 2.68. The highest BCUT2D eigenvalue weighted by molar-refractivity contribution is 8.70. The largest absolute Gasteiger partial charge is 0.295 e. The van der Waals surface area contributed by atoms with E-state index in [1.165, 1.54) is 10.8 Å².